The van der Waals surface area contributed by atoms with Crippen LogP contribution in [0.15, 0.2) is 59.6 Å². The minimum Gasteiger partial charge on any atom is -0.388 e. The SMILES string of the molecule is CCNC(=NCc1ccc(CS(=O)(=O)NC(C)C)cc1)NCCC(O)c1ccccc1. The molecule has 0 amide bonds. The minimum absolute atomic E-state index is 0.0390. The maximum Gasteiger partial charge on any atom is 0.216 e. The van der Waals surface area contributed by atoms with Crippen LogP contribution in [0.3, 0.4) is 0 Å². The third kappa shape index (κ3) is 9.50. The van der Waals surface area contributed by atoms with Gasteiger partial charge in [0.1, 0.15) is 0 Å². The summed E-state index contributed by atoms with van der Waals surface area (Å²) in [6, 6.07) is 16.9. The second kappa shape index (κ2) is 12.4. The van der Waals surface area contributed by atoms with Gasteiger partial charge in [-0.2, -0.15) is 0 Å². The van der Waals surface area contributed by atoms with Crippen LogP contribution >= 0.6 is 0 Å². The zero-order valence-electron chi connectivity index (χ0n) is 18.5. The molecule has 2 aromatic carbocycles. The van der Waals surface area contributed by atoms with E-state index in [0.717, 1.165) is 23.2 Å². The van der Waals surface area contributed by atoms with Gasteiger partial charge in [-0.05, 0) is 43.9 Å². The molecule has 0 saturated carbocycles. The van der Waals surface area contributed by atoms with Crippen LogP contribution in [0.25, 0.3) is 0 Å². The van der Waals surface area contributed by atoms with Crippen LogP contribution in [0.4, 0.5) is 0 Å². The highest BCUT2D eigenvalue weighted by Crippen LogP contribution is 2.15. The van der Waals surface area contributed by atoms with Gasteiger partial charge in [0.05, 0.1) is 18.4 Å². The first-order chi connectivity index (χ1) is 14.8. The number of sulfonamides is 1. The van der Waals surface area contributed by atoms with Crippen molar-refractivity contribution in [2.75, 3.05) is 13.1 Å². The van der Waals surface area contributed by atoms with Crippen molar-refractivity contribution in [3.63, 3.8) is 0 Å². The van der Waals surface area contributed by atoms with Gasteiger partial charge in [0, 0.05) is 19.1 Å². The lowest BCUT2D eigenvalue weighted by molar-refractivity contribution is 0.168. The Morgan fingerprint density at radius 2 is 1.65 bits per heavy atom. The highest BCUT2D eigenvalue weighted by Gasteiger charge is 2.12. The van der Waals surface area contributed by atoms with Gasteiger partial charge in [0.2, 0.25) is 10.0 Å². The van der Waals surface area contributed by atoms with Crippen molar-refractivity contribution >= 4 is 16.0 Å². The summed E-state index contributed by atoms with van der Waals surface area (Å²) in [6.07, 6.45) is 0.0488. The van der Waals surface area contributed by atoms with Crippen molar-refractivity contribution in [1.82, 2.24) is 15.4 Å². The fourth-order valence-corrected chi connectivity index (χ4v) is 4.48. The Balaban J connectivity index is 1.88. The van der Waals surface area contributed by atoms with E-state index >= 15 is 0 Å². The maximum atomic E-state index is 12.1. The number of aliphatic hydroxyl groups excluding tert-OH is 1. The Labute approximate surface area is 186 Å². The van der Waals surface area contributed by atoms with E-state index in [1.165, 1.54) is 0 Å². The Morgan fingerprint density at radius 3 is 2.26 bits per heavy atom. The molecule has 7 nitrogen and oxygen atoms in total. The molecule has 31 heavy (non-hydrogen) atoms. The lowest BCUT2D eigenvalue weighted by Crippen LogP contribution is -2.38. The lowest BCUT2D eigenvalue weighted by Gasteiger charge is -2.14. The molecule has 0 aliphatic heterocycles. The molecule has 0 aliphatic rings. The molecule has 2 aromatic rings. The van der Waals surface area contributed by atoms with Crippen LogP contribution in [-0.4, -0.2) is 38.6 Å². The highest BCUT2D eigenvalue weighted by molar-refractivity contribution is 7.88. The van der Waals surface area contributed by atoms with E-state index in [1.807, 2.05) is 61.5 Å². The fourth-order valence-electron chi connectivity index (χ4n) is 3.04. The molecule has 0 spiro atoms. The van der Waals surface area contributed by atoms with Gasteiger partial charge in [0.25, 0.3) is 0 Å². The predicted molar refractivity (Wildman–Crippen MR) is 126 cm³/mol. The van der Waals surface area contributed by atoms with Crippen molar-refractivity contribution < 1.29 is 13.5 Å². The summed E-state index contributed by atoms with van der Waals surface area (Å²) in [5, 5.41) is 16.7. The van der Waals surface area contributed by atoms with Crippen molar-refractivity contribution in [3.05, 3.63) is 71.3 Å². The maximum absolute atomic E-state index is 12.1. The number of hydrogen-bond donors (Lipinski definition) is 4. The molecular formula is C23H34N4O3S. The lowest BCUT2D eigenvalue weighted by atomic mass is 10.1. The molecule has 4 N–H and O–H groups in total. The molecule has 1 atom stereocenters. The van der Waals surface area contributed by atoms with E-state index in [-0.39, 0.29) is 11.8 Å². The monoisotopic (exact) mass is 446 g/mol. The molecule has 0 aromatic heterocycles. The highest BCUT2D eigenvalue weighted by atomic mass is 32.2. The molecule has 0 saturated heterocycles. The van der Waals surface area contributed by atoms with Crippen molar-refractivity contribution in [3.8, 4) is 0 Å². The molecule has 0 aliphatic carbocycles. The number of guanidine groups is 1. The number of aliphatic hydroxyl groups is 1. The summed E-state index contributed by atoms with van der Waals surface area (Å²) in [6.45, 7) is 7.38. The molecule has 1 unspecified atom stereocenters. The summed E-state index contributed by atoms with van der Waals surface area (Å²) in [7, 11) is -3.34. The van der Waals surface area contributed by atoms with E-state index in [1.54, 1.807) is 13.8 Å². The van der Waals surface area contributed by atoms with Gasteiger partial charge < -0.3 is 15.7 Å². The Kier molecular flexibility index (Phi) is 9.97. The number of nitrogens with one attached hydrogen (secondary N) is 3. The van der Waals surface area contributed by atoms with Crippen molar-refractivity contribution in [1.29, 1.82) is 0 Å². The Bertz CT molecular complexity index is 914. The van der Waals surface area contributed by atoms with Crippen LogP contribution in [0.1, 0.15) is 50.0 Å². The first-order valence-corrected chi connectivity index (χ1v) is 12.3. The largest absolute Gasteiger partial charge is 0.388 e. The van der Waals surface area contributed by atoms with Crippen LogP contribution in [0.5, 0.6) is 0 Å². The topological polar surface area (TPSA) is 103 Å². The summed E-state index contributed by atoms with van der Waals surface area (Å²) in [5.74, 6) is 0.637. The summed E-state index contributed by atoms with van der Waals surface area (Å²) in [4.78, 5) is 4.58. The summed E-state index contributed by atoms with van der Waals surface area (Å²) < 4.78 is 26.7. The molecular weight excluding hydrogens is 412 g/mol. The molecule has 2 rings (SSSR count). The van der Waals surface area contributed by atoms with Crippen molar-refractivity contribution in [2.45, 2.75) is 51.6 Å². The molecule has 0 radical (unpaired) electrons. The second-order valence-corrected chi connectivity index (χ2v) is 9.44. The quantitative estimate of drug-likeness (QED) is 0.314. The summed E-state index contributed by atoms with van der Waals surface area (Å²) in [5.41, 5.74) is 2.62. The third-order valence-electron chi connectivity index (χ3n) is 4.45. The van der Waals surface area contributed by atoms with Crippen LogP contribution in [-0.2, 0) is 22.3 Å². The van der Waals surface area contributed by atoms with Gasteiger partial charge in [-0.3, -0.25) is 0 Å². The first-order valence-electron chi connectivity index (χ1n) is 10.6. The predicted octanol–water partition coefficient (Wildman–Crippen LogP) is 2.69. The van der Waals surface area contributed by atoms with Crippen LogP contribution in [0, 0.1) is 0 Å². The number of benzene rings is 2. The zero-order valence-corrected chi connectivity index (χ0v) is 19.3. The van der Waals surface area contributed by atoms with E-state index in [9.17, 15) is 13.5 Å². The second-order valence-electron chi connectivity index (χ2n) is 7.69. The van der Waals surface area contributed by atoms with Gasteiger partial charge in [-0.15, -0.1) is 0 Å². The number of rotatable bonds is 11. The molecule has 8 heteroatoms. The normalized spacial score (nSPS) is 13.3. The molecule has 0 bridgehead atoms. The third-order valence-corrected chi connectivity index (χ3v) is 6.00. The summed E-state index contributed by atoms with van der Waals surface area (Å²) >= 11 is 0. The van der Waals surface area contributed by atoms with Crippen LogP contribution < -0.4 is 15.4 Å². The van der Waals surface area contributed by atoms with E-state index in [2.05, 4.69) is 20.3 Å². The zero-order chi connectivity index (χ0) is 22.7. The average Bonchev–Trinajstić information content (AvgIpc) is 2.72. The smallest absolute Gasteiger partial charge is 0.216 e. The van der Waals surface area contributed by atoms with Gasteiger partial charge in [-0.1, -0.05) is 54.6 Å². The van der Waals surface area contributed by atoms with E-state index in [4.69, 9.17) is 0 Å². The molecule has 170 valence electrons. The van der Waals surface area contributed by atoms with E-state index < -0.39 is 16.1 Å². The van der Waals surface area contributed by atoms with Gasteiger partial charge in [0.15, 0.2) is 5.96 Å². The van der Waals surface area contributed by atoms with E-state index in [0.29, 0.717) is 25.5 Å². The first kappa shape index (κ1) is 24.8. The van der Waals surface area contributed by atoms with Gasteiger partial charge >= 0.3 is 0 Å². The molecule has 0 fully saturated rings. The average molecular weight is 447 g/mol. The minimum atomic E-state index is -3.34. The number of hydrogen-bond acceptors (Lipinski definition) is 4. The number of aliphatic imine (C=N–C) groups is 1. The Morgan fingerprint density at radius 1 is 1.00 bits per heavy atom. The standard InChI is InChI=1S/C23H34N4O3S/c1-4-24-23(25-15-14-22(28)21-8-6-5-7-9-21)26-16-19-10-12-20(13-11-19)17-31(29,30)27-18(2)3/h5-13,18,22,27-28H,4,14-17H2,1-3H3,(H2,24,25,26). The Hall–Kier alpha value is -2.42. The number of nitrogens with zero attached hydrogens (tertiary/aromatic N) is 1. The molecule has 0 heterocycles. The van der Waals surface area contributed by atoms with Crippen LogP contribution in [0.2, 0.25) is 0 Å². The van der Waals surface area contributed by atoms with Gasteiger partial charge in [-0.25, -0.2) is 18.1 Å². The van der Waals surface area contributed by atoms with Crippen molar-refractivity contribution in [2.24, 2.45) is 4.99 Å². The fraction of sp³-hybridized carbons (Fsp3) is 0.435.